The topological polar surface area (TPSA) is 59.8 Å². The summed E-state index contributed by atoms with van der Waals surface area (Å²) in [6.45, 7) is 4.52. The average Bonchev–Trinajstić information content (AvgIpc) is 3.09. The summed E-state index contributed by atoms with van der Waals surface area (Å²) in [6, 6.07) is 7.58. The van der Waals surface area contributed by atoms with E-state index in [-0.39, 0.29) is 5.91 Å². The molecule has 0 unspecified atom stereocenters. The van der Waals surface area contributed by atoms with Crippen LogP contribution in [0.15, 0.2) is 28.6 Å². The summed E-state index contributed by atoms with van der Waals surface area (Å²) in [4.78, 5) is 16.9. The van der Waals surface area contributed by atoms with Crippen molar-refractivity contribution in [3.63, 3.8) is 0 Å². The van der Waals surface area contributed by atoms with Crippen LogP contribution in [0.2, 0.25) is 0 Å². The second-order valence-electron chi connectivity index (χ2n) is 4.81. The van der Waals surface area contributed by atoms with E-state index < -0.39 is 0 Å². The van der Waals surface area contributed by atoms with Gasteiger partial charge in [-0.3, -0.25) is 9.48 Å². The minimum atomic E-state index is -0.142. The first-order valence-electron chi connectivity index (χ1n) is 6.91. The van der Waals surface area contributed by atoms with Gasteiger partial charge in [0, 0.05) is 12.2 Å². The van der Waals surface area contributed by atoms with Gasteiger partial charge in [0.05, 0.1) is 15.9 Å². The van der Waals surface area contributed by atoms with E-state index in [0.29, 0.717) is 12.2 Å². The Morgan fingerprint density at radius 3 is 2.95 bits per heavy atom. The van der Waals surface area contributed by atoms with Crippen LogP contribution in [0.25, 0.3) is 10.2 Å². The third-order valence-electron chi connectivity index (χ3n) is 3.24. The van der Waals surface area contributed by atoms with Gasteiger partial charge in [-0.25, -0.2) is 4.98 Å². The molecule has 0 fully saturated rings. The van der Waals surface area contributed by atoms with Crippen molar-refractivity contribution >= 4 is 44.9 Å². The predicted octanol–water partition coefficient (Wildman–Crippen LogP) is 3.80. The quantitative estimate of drug-likeness (QED) is 0.738. The van der Waals surface area contributed by atoms with Crippen molar-refractivity contribution in [1.82, 2.24) is 14.8 Å². The van der Waals surface area contributed by atoms with Crippen molar-refractivity contribution in [2.75, 3.05) is 11.6 Å². The highest BCUT2D eigenvalue weighted by molar-refractivity contribution is 8.00. The highest BCUT2D eigenvalue weighted by atomic mass is 32.2. The molecule has 1 amide bonds. The Morgan fingerprint density at radius 1 is 1.41 bits per heavy atom. The highest BCUT2D eigenvalue weighted by Crippen LogP contribution is 2.30. The monoisotopic (exact) mass is 332 g/mol. The number of benzene rings is 1. The summed E-state index contributed by atoms with van der Waals surface area (Å²) in [5, 5.41) is 7.24. The lowest BCUT2D eigenvalue weighted by molar-refractivity contribution is 0.101. The summed E-state index contributed by atoms with van der Waals surface area (Å²) in [7, 11) is 0. The third-order valence-corrected chi connectivity index (χ3v) is 5.24. The second-order valence-corrected chi connectivity index (χ2v) is 6.89. The molecule has 2 heterocycles. The number of aryl methyl sites for hydroxylation is 2. The standard InChI is InChI=1S/C15H16N4OS2/c1-4-19-12(7-9(2)18-19)14(20)16-10-5-6-11-13(8-10)22-15(17-11)21-3/h5-8H,4H2,1-3H3,(H,16,20). The number of carbonyl (C=O) groups excluding carboxylic acids is 1. The maximum Gasteiger partial charge on any atom is 0.273 e. The van der Waals surface area contributed by atoms with E-state index in [9.17, 15) is 4.79 Å². The molecule has 114 valence electrons. The number of hydrogen-bond acceptors (Lipinski definition) is 5. The van der Waals surface area contributed by atoms with Crippen LogP contribution in [0.5, 0.6) is 0 Å². The number of anilines is 1. The molecule has 0 saturated carbocycles. The number of carbonyl (C=O) groups is 1. The molecule has 0 atom stereocenters. The van der Waals surface area contributed by atoms with Crippen molar-refractivity contribution in [2.24, 2.45) is 0 Å². The van der Waals surface area contributed by atoms with Crippen LogP contribution < -0.4 is 5.32 Å². The fourth-order valence-electron chi connectivity index (χ4n) is 2.23. The van der Waals surface area contributed by atoms with E-state index >= 15 is 0 Å². The first kappa shape index (κ1) is 15.1. The van der Waals surface area contributed by atoms with Crippen LogP contribution in [0.4, 0.5) is 5.69 Å². The molecule has 0 saturated heterocycles. The molecule has 3 rings (SSSR count). The van der Waals surface area contributed by atoms with Crippen LogP contribution in [-0.2, 0) is 6.54 Å². The van der Waals surface area contributed by atoms with Crippen molar-refractivity contribution in [2.45, 2.75) is 24.7 Å². The fourth-order valence-corrected chi connectivity index (χ4v) is 3.76. The first-order valence-corrected chi connectivity index (χ1v) is 8.95. The van der Waals surface area contributed by atoms with Gasteiger partial charge in [0.15, 0.2) is 4.34 Å². The molecule has 0 aliphatic heterocycles. The van der Waals surface area contributed by atoms with Crippen molar-refractivity contribution < 1.29 is 4.79 Å². The Kier molecular flexibility index (Phi) is 4.17. The molecule has 2 aromatic heterocycles. The van der Waals surface area contributed by atoms with Gasteiger partial charge >= 0.3 is 0 Å². The van der Waals surface area contributed by atoms with Crippen molar-refractivity contribution in [1.29, 1.82) is 0 Å². The molecule has 0 spiro atoms. The summed E-state index contributed by atoms with van der Waals surface area (Å²) < 4.78 is 3.81. The minimum Gasteiger partial charge on any atom is -0.321 e. The molecule has 1 N–H and O–H groups in total. The Morgan fingerprint density at radius 2 is 2.23 bits per heavy atom. The van der Waals surface area contributed by atoms with Gasteiger partial charge in [0.2, 0.25) is 0 Å². The lowest BCUT2D eigenvalue weighted by Crippen LogP contribution is -2.17. The summed E-state index contributed by atoms with van der Waals surface area (Å²) in [5.74, 6) is -0.142. The molecule has 0 aliphatic carbocycles. The molecular weight excluding hydrogens is 316 g/mol. The number of hydrogen-bond donors (Lipinski definition) is 1. The zero-order valence-corrected chi connectivity index (χ0v) is 14.2. The van der Waals surface area contributed by atoms with Crippen LogP contribution in [0.3, 0.4) is 0 Å². The normalized spacial score (nSPS) is 11.0. The Labute approximate surface area is 136 Å². The van der Waals surface area contributed by atoms with Crippen LogP contribution in [-0.4, -0.2) is 26.9 Å². The number of fused-ring (bicyclic) bond motifs is 1. The van der Waals surface area contributed by atoms with Gasteiger partial charge in [-0.05, 0) is 44.4 Å². The number of nitrogens with zero attached hydrogens (tertiary/aromatic N) is 3. The minimum absolute atomic E-state index is 0.142. The van der Waals surface area contributed by atoms with Crippen molar-refractivity contribution in [3.8, 4) is 0 Å². The SMILES string of the molecule is CCn1nc(C)cc1C(=O)Nc1ccc2nc(SC)sc2c1. The fraction of sp³-hybridized carbons (Fsp3) is 0.267. The van der Waals surface area contributed by atoms with Gasteiger partial charge in [0.1, 0.15) is 5.69 Å². The summed E-state index contributed by atoms with van der Waals surface area (Å²) >= 11 is 3.26. The van der Waals surface area contributed by atoms with E-state index in [1.165, 1.54) is 0 Å². The van der Waals surface area contributed by atoms with Gasteiger partial charge < -0.3 is 5.32 Å². The zero-order valence-electron chi connectivity index (χ0n) is 12.6. The number of aromatic nitrogens is 3. The van der Waals surface area contributed by atoms with Gasteiger partial charge in [0.25, 0.3) is 5.91 Å². The highest BCUT2D eigenvalue weighted by Gasteiger charge is 2.14. The van der Waals surface area contributed by atoms with Crippen LogP contribution >= 0.6 is 23.1 Å². The Bertz CT molecular complexity index is 837. The molecule has 0 aliphatic rings. The van der Waals surface area contributed by atoms with Crippen LogP contribution in [0.1, 0.15) is 23.1 Å². The lowest BCUT2D eigenvalue weighted by atomic mass is 10.3. The molecule has 1 aromatic carbocycles. The Hall–Kier alpha value is -1.86. The van der Waals surface area contributed by atoms with Gasteiger partial charge in [-0.2, -0.15) is 5.10 Å². The Balaban J connectivity index is 1.87. The molecule has 0 radical (unpaired) electrons. The van der Waals surface area contributed by atoms with Crippen molar-refractivity contribution in [3.05, 3.63) is 35.7 Å². The van der Waals surface area contributed by atoms with E-state index in [2.05, 4.69) is 15.4 Å². The predicted molar refractivity (Wildman–Crippen MR) is 92.0 cm³/mol. The van der Waals surface area contributed by atoms with Gasteiger partial charge in [-0.15, -0.1) is 11.3 Å². The van der Waals surface area contributed by atoms with Crippen LogP contribution in [0, 0.1) is 6.92 Å². The van der Waals surface area contributed by atoms with E-state index in [4.69, 9.17) is 0 Å². The maximum atomic E-state index is 12.4. The average molecular weight is 332 g/mol. The number of thiazole rings is 1. The smallest absolute Gasteiger partial charge is 0.273 e. The number of rotatable bonds is 4. The molecular formula is C15H16N4OS2. The number of thioether (sulfide) groups is 1. The molecule has 7 heteroatoms. The molecule has 22 heavy (non-hydrogen) atoms. The third kappa shape index (κ3) is 2.86. The zero-order chi connectivity index (χ0) is 15.7. The first-order chi connectivity index (χ1) is 10.6. The largest absolute Gasteiger partial charge is 0.321 e. The summed E-state index contributed by atoms with van der Waals surface area (Å²) in [5.41, 5.74) is 3.15. The molecule has 3 aromatic rings. The molecule has 5 nitrogen and oxygen atoms in total. The van der Waals surface area contributed by atoms with E-state index in [1.54, 1.807) is 33.8 Å². The van der Waals surface area contributed by atoms with Gasteiger partial charge in [-0.1, -0.05) is 11.8 Å². The maximum absolute atomic E-state index is 12.4. The number of nitrogens with one attached hydrogen (secondary N) is 1. The lowest BCUT2D eigenvalue weighted by Gasteiger charge is -2.06. The van der Waals surface area contributed by atoms with E-state index in [1.807, 2.05) is 38.3 Å². The number of amides is 1. The molecule has 0 bridgehead atoms. The second kappa shape index (κ2) is 6.10. The van der Waals surface area contributed by atoms with E-state index in [0.717, 1.165) is 25.9 Å². The summed E-state index contributed by atoms with van der Waals surface area (Å²) in [6.07, 6.45) is 2.01.